The highest BCUT2D eigenvalue weighted by atomic mass is 16.4. The zero-order valence-corrected chi connectivity index (χ0v) is 11.9. The second-order valence-corrected chi connectivity index (χ2v) is 6.11. The molecule has 1 heterocycles. The molecule has 1 aliphatic carbocycles. The summed E-state index contributed by atoms with van der Waals surface area (Å²) in [7, 11) is 0. The molecule has 1 aliphatic heterocycles. The molecule has 21 heavy (non-hydrogen) atoms. The molecule has 1 saturated carbocycles. The number of nitrogen functional groups attached to an aromatic ring is 1. The van der Waals surface area contributed by atoms with E-state index < -0.39 is 12.0 Å². The van der Waals surface area contributed by atoms with Gasteiger partial charge in [-0.2, -0.15) is 0 Å². The van der Waals surface area contributed by atoms with Crippen LogP contribution in [0.3, 0.4) is 0 Å². The largest absolute Gasteiger partial charge is 0.480 e. The highest BCUT2D eigenvalue weighted by Crippen LogP contribution is 2.42. The number of amides is 1. The molecule has 3 unspecified atom stereocenters. The van der Waals surface area contributed by atoms with Gasteiger partial charge in [0.2, 0.25) is 5.91 Å². The van der Waals surface area contributed by atoms with Crippen LogP contribution in [0.5, 0.6) is 0 Å². The van der Waals surface area contributed by atoms with Crippen molar-refractivity contribution in [2.24, 2.45) is 11.8 Å². The lowest BCUT2D eigenvalue weighted by atomic mass is 9.94. The molecule has 0 spiro atoms. The summed E-state index contributed by atoms with van der Waals surface area (Å²) in [6, 6.07) is 6.55. The summed E-state index contributed by atoms with van der Waals surface area (Å²) in [6.07, 6.45) is 3.25. The molecule has 3 N–H and O–H groups in total. The molecule has 0 aromatic heterocycles. The van der Waals surface area contributed by atoms with Crippen molar-refractivity contribution in [3.8, 4) is 0 Å². The fourth-order valence-corrected chi connectivity index (χ4v) is 3.86. The predicted octanol–water partition coefficient (Wildman–Crippen LogP) is 1.52. The van der Waals surface area contributed by atoms with Gasteiger partial charge in [0.15, 0.2) is 0 Å². The summed E-state index contributed by atoms with van der Waals surface area (Å²) in [4.78, 5) is 25.6. The highest BCUT2D eigenvalue weighted by Gasteiger charge is 2.49. The van der Waals surface area contributed by atoms with Crippen LogP contribution in [0.25, 0.3) is 0 Å². The van der Waals surface area contributed by atoms with Gasteiger partial charge in [0.25, 0.3) is 0 Å². The van der Waals surface area contributed by atoms with Crippen molar-refractivity contribution in [1.29, 1.82) is 0 Å². The van der Waals surface area contributed by atoms with E-state index in [9.17, 15) is 14.7 Å². The first-order valence-electron chi connectivity index (χ1n) is 7.43. The Morgan fingerprint density at radius 2 is 2.14 bits per heavy atom. The number of carbonyl (C=O) groups is 2. The second kappa shape index (κ2) is 5.39. The number of fused-ring (bicyclic) bond motifs is 1. The summed E-state index contributed by atoms with van der Waals surface area (Å²) in [5.74, 6) is -0.490. The number of nitrogens with zero attached hydrogens (tertiary/aromatic N) is 1. The Labute approximate surface area is 123 Å². The fraction of sp³-hybridized carbons (Fsp3) is 0.500. The minimum Gasteiger partial charge on any atom is -0.480 e. The average Bonchev–Trinajstić information content (AvgIpc) is 2.97. The molecule has 112 valence electrons. The van der Waals surface area contributed by atoms with Gasteiger partial charge in [-0.1, -0.05) is 18.6 Å². The number of anilines is 1. The van der Waals surface area contributed by atoms with E-state index in [0.717, 1.165) is 24.8 Å². The quantitative estimate of drug-likeness (QED) is 0.826. The first kappa shape index (κ1) is 13.9. The molecule has 5 heteroatoms. The molecule has 1 saturated heterocycles. The third kappa shape index (κ3) is 2.60. The summed E-state index contributed by atoms with van der Waals surface area (Å²) in [6.45, 7) is 0.586. The van der Waals surface area contributed by atoms with Gasteiger partial charge < -0.3 is 15.7 Å². The van der Waals surface area contributed by atoms with Crippen LogP contribution >= 0.6 is 0 Å². The van der Waals surface area contributed by atoms with Crippen LogP contribution in [0, 0.1) is 11.8 Å². The summed E-state index contributed by atoms with van der Waals surface area (Å²) in [5, 5.41) is 9.48. The normalized spacial score (nSPS) is 27.6. The Balaban J connectivity index is 1.76. The number of carboxylic acids is 1. The average molecular weight is 288 g/mol. The van der Waals surface area contributed by atoms with Gasteiger partial charge in [-0.3, -0.25) is 4.79 Å². The second-order valence-electron chi connectivity index (χ2n) is 6.11. The van der Waals surface area contributed by atoms with Crippen molar-refractivity contribution in [3.05, 3.63) is 29.8 Å². The van der Waals surface area contributed by atoms with Crippen molar-refractivity contribution < 1.29 is 14.7 Å². The monoisotopic (exact) mass is 288 g/mol. The number of rotatable bonds is 3. The van der Waals surface area contributed by atoms with E-state index in [1.807, 2.05) is 12.1 Å². The standard InChI is InChI=1S/C16H20N2O3/c17-12-5-1-3-10(7-12)8-14(19)18-9-11-4-2-6-13(11)15(18)16(20)21/h1,3,5,7,11,13,15H,2,4,6,8-9,17H2,(H,20,21). The zero-order chi connectivity index (χ0) is 15.0. The van der Waals surface area contributed by atoms with Crippen LogP contribution < -0.4 is 5.73 Å². The van der Waals surface area contributed by atoms with E-state index in [0.29, 0.717) is 18.2 Å². The van der Waals surface area contributed by atoms with E-state index in [-0.39, 0.29) is 18.2 Å². The minimum absolute atomic E-state index is 0.109. The number of benzene rings is 1. The van der Waals surface area contributed by atoms with E-state index in [1.165, 1.54) is 0 Å². The predicted molar refractivity (Wildman–Crippen MR) is 78.5 cm³/mol. The topological polar surface area (TPSA) is 83.6 Å². The minimum atomic E-state index is -0.870. The SMILES string of the molecule is Nc1cccc(CC(=O)N2CC3CCCC3C2C(=O)O)c1. The number of hydrogen-bond donors (Lipinski definition) is 2. The molecule has 0 bridgehead atoms. The van der Waals surface area contributed by atoms with Crippen LogP contribution in [0.1, 0.15) is 24.8 Å². The van der Waals surface area contributed by atoms with Crippen molar-refractivity contribution in [2.45, 2.75) is 31.7 Å². The molecule has 2 aliphatic rings. The number of nitrogens with two attached hydrogens (primary N) is 1. The van der Waals surface area contributed by atoms with Crippen molar-refractivity contribution in [3.63, 3.8) is 0 Å². The van der Waals surface area contributed by atoms with E-state index in [2.05, 4.69) is 0 Å². The molecular formula is C16H20N2O3. The van der Waals surface area contributed by atoms with Crippen molar-refractivity contribution in [1.82, 2.24) is 4.90 Å². The van der Waals surface area contributed by atoms with Crippen molar-refractivity contribution in [2.75, 3.05) is 12.3 Å². The molecule has 3 atom stereocenters. The highest BCUT2D eigenvalue weighted by molar-refractivity contribution is 5.86. The third-order valence-corrected chi connectivity index (χ3v) is 4.77. The van der Waals surface area contributed by atoms with Gasteiger partial charge in [-0.25, -0.2) is 4.79 Å². The molecule has 0 radical (unpaired) electrons. The van der Waals surface area contributed by atoms with Crippen molar-refractivity contribution >= 4 is 17.6 Å². The zero-order valence-electron chi connectivity index (χ0n) is 11.9. The molecule has 3 rings (SSSR count). The van der Waals surface area contributed by atoms with Gasteiger partial charge in [0.05, 0.1) is 6.42 Å². The summed E-state index contributed by atoms with van der Waals surface area (Å²) in [5.41, 5.74) is 7.17. The van der Waals surface area contributed by atoms with Gasteiger partial charge >= 0.3 is 5.97 Å². The summed E-state index contributed by atoms with van der Waals surface area (Å²) >= 11 is 0. The number of carboxylic acid groups (broad SMARTS) is 1. The van der Waals surface area contributed by atoms with Crippen LogP contribution in [0.4, 0.5) is 5.69 Å². The molecule has 1 aromatic carbocycles. The Hall–Kier alpha value is -2.04. The summed E-state index contributed by atoms with van der Waals surface area (Å²) < 4.78 is 0. The van der Waals surface area contributed by atoms with Gasteiger partial charge in [-0.05, 0) is 42.4 Å². The molecule has 2 fully saturated rings. The Morgan fingerprint density at radius 1 is 1.33 bits per heavy atom. The van der Waals surface area contributed by atoms with Crippen LogP contribution in [0.2, 0.25) is 0 Å². The Kier molecular flexibility index (Phi) is 3.57. The van der Waals surface area contributed by atoms with Crippen LogP contribution in [-0.2, 0) is 16.0 Å². The molecule has 1 amide bonds. The molecule has 5 nitrogen and oxygen atoms in total. The van der Waals surface area contributed by atoms with Gasteiger partial charge in [-0.15, -0.1) is 0 Å². The Morgan fingerprint density at radius 3 is 2.86 bits per heavy atom. The number of aliphatic carboxylic acids is 1. The number of carbonyl (C=O) groups excluding carboxylic acids is 1. The smallest absolute Gasteiger partial charge is 0.326 e. The lowest BCUT2D eigenvalue weighted by Crippen LogP contribution is -2.43. The maximum absolute atomic E-state index is 12.5. The van der Waals surface area contributed by atoms with E-state index >= 15 is 0 Å². The van der Waals surface area contributed by atoms with Gasteiger partial charge in [0.1, 0.15) is 6.04 Å². The van der Waals surface area contributed by atoms with Crippen LogP contribution in [0.15, 0.2) is 24.3 Å². The Bertz CT molecular complexity index is 572. The fourth-order valence-electron chi connectivity index (χ4n) is 3.86. The van der Waals surface area contributed by atoms with E-state index in [1.54, 1.807) is 17.0 Å². The van der Waals surface area contributed by atoms with E-state index in [4.69, 9.17) is 5.73 Å². The maximum Gasteiger partial charge on any atom is 0.326 e. The number of likely N-dealkylation sites (tertiary alicyclic amines) is 1. The van der Waals surface area contributed by atoms with Gasteiger partial charge in [0, 0.05) is 12.2 Å². The molecule has 1 aromatic rings. The third-order valence-electron chi connectivity index (χ3n) is 4.77. The lowest BCUT2D eigenvalue weighted by molar-refractivity contribution is -0.149. The van der Waals surface area contributed by atoms with Crippen LogP contribution in [-0.4, -0.2) is 34.5 Å². The first-order chi connectivity index (χ1) is 10.1. The first-order valence-corrected chi connectivity index (χ1v) is 7.43. The molecular weight excluding hydrogens is 268 g/mol. The maximum atomic E-state index is 12.5. The number of hydrogen-bond acceptors (Lipinski definition) is 3. The lowest BCUT2D eigenvalue weighted by Gasteiger charge is -2.24.